The van der Waals surface area contributed by atoms with Crippen molar-refractivity contribution in [1.82, 2.24) is 0 Å². The van der Waals surface area contributed by atoms with E-state index in [9.17, 15) is 9.59 Å². The zero-order chi connectivity index (χ0) is 25.5. The van der Waals surface area contributed by atoms with E-state index in [0.29, 0.717) is 12.1 Å². The number of anilines is 2. The average Bonchev–Trinajstić information content (AvgIpc) is 2.93. The molecule has 0 bridgehead atoms. The SMILES string of the molecule is O=C(Cc1ccccc1)Nc1cccc(SC(C(=O)Nc2ccc3ccccc3c2)c2ccccc2)c1. The molecule has 1 unspecified atom stereocenters. The summed E-state index contributed by atoms with van der Waals surface area (Å²) >= 11 is 1.45. The van der Waals surface area contributed by atoms with Gasteiger partial charge in [-0.2, -0.15) is 0 Å². The van der Waals surface area contributed by atoms with Crippen molar-refractivity contribution in [3.63, 3.8) is 0 Å². The summed E-state index contributed by atoms with van der Waals surface area (Å²) in [6.45, 7) is 0. The van der Waals surface area contributed by atoms with Crippen molar-refractivity contribution in [2.75, 3.05) is 10.6 Å². The largest absolute Gasteiger partial charge is 0.326 e. The minimum Gasteiger partial charge on any atom is -0.326 e. The standard InChI is InChI=1S/C32H26N2O2S/c35-30(20-23-10-3-1-4-11-23)33-27-16-9-17-29(22-27)37-31(25-13-5-2-6-14-25)32(36)34-28-19-18-24-12-7-8-15-26(24)21-28/h1-19,21-22,31H,20H2,(H,33,35)(H,34,36). The summed E-state index contributed by atoms with van der Waals surface area (Å²) in [6.07, 6.45) is 0.305. The number of amides is 2. The van der Waals surface area contributed by atoms with E-state index in [1.807, 2.05) is 121 Å². The van der Waals surface area contributed by atoms with Gasteiger partial charge in [0.25, 0.3) is 0 Å². The van der Waals surface area contributed by atoms with Gasteiger partial charge in [0.15, 0.2) is 0 Å². The predicted molar refractivity (Wildman–Crippen MR) is 153 cm³/mol. The van der Waals surface area contributed by atoms with E-state index >= 15 is 0 Å². The number of hydrogen-bond donors (Lipinski definition) is 2. The molecule has 5 aromatic rings. The van der Waals surface area contributed by atoms with Crippen LogP contribution < -0.4 is 10.6 Å². The normalized spacial score (nSPS) is 11.6. The van der Waals surface area contributed by atoms with Crippen LogP contribution in [-0.2, 0) is 16.0 Å². The lowest BCUT2D eigenvalue weighted by atomic mass is 10.1. The third-order valence-corrected chi connectivity index (χ3v) is 7.18. The van der Waals surface area contributed by atoms with Gasteiger partial charge in [0.05, 0.1) is 6.42 Å². The molecule has 0 aliphatic heterocycles. The summed E-state index contributed by atoms with van der Waals surface area (Å²) in [4.78, 5) is 27.0. The minimum atomic E-state index is -0.469. The highest BCUT2D eigenvalue weighted by Crippen LogP contribution is 2.37. The van der Waals surface area contributed by atoms with Gasteiger partial charge < -0.3 is 10.6 Å². The maximum atomic E-state index is 13.5. The van der Waals surface area contributed by atoms with Crippen LogP contribution in [0.1, 0.15) is 16.4 Å². The van der Waals surface area contributed by atoms with Crippen LogP contribution in [0.5, 0.6) is 0 Å². The number of hydrogen-bond acceptors (Lipinski definition) is 3. The highest BCUT2D eigenvalue weighted by Gasteiger charge is 2.22. The van der Waals surface area contributed by atoms with Gasteiger partial charge in [-0.25, -0.2) is 0 Å². The molecule has 182 valence electrons. The van der Waals surface area contributed by atoms with E-state index < -0.39 is 5.25 Å². The molecule has 2 amide bonds. The number of rotatable bonds is 8. The lowest BCUT2D eigenvalue weighted by Gasteiger charge is -2.18. The van der Waals surface area contributed by atoms with Gasteiger partial charge in [-0.05, 0) is 52.2 Å². The molecule has 0 radical (unpaired) electrons. The van der Waals surface area contributed by atoms with E-state index in [4.69, 9.17) is 0 Å². The monoisotopic (exact) mass is 502 g/mol. The number of thioether (sulfide) groups is 1. The zero-order valence-electron chi connectivity index (χ0n) is 20.1. The first-order valence-electron chi connectivity index (χ1n) is 12.1. The summed E-state index contributed by atoms with van der Waals surface area (Å²) in [6, 6.07) is 41.0. The van der Waals surface area contributed by atoms with Crippen molar-refractivity contribution in [2.24, 2.45) is 0 Å². The van der Waals surface area contributed by atoms with Crippen molar-refractivity contribution < 1.29 is 9.59 Å². The molecule has 0 aliphatic rings. The topological polar surface area (TPSA) is 58.2 Å². The molecule has 4 nitrogen and oxygen atoms in total. The van der Waals surface area contributed by atoms with Crippen molar-refractivity contribution in [3.05, 3.63) is 139 Å². The van der Waals surface area contributed by atoms with Crippen LogP contribution in [-0.4, -0.2) is 11.8 Å². The predicted octanol–water partition coefficient (Wildman–Crippen LogP) is 7.49. The molecular weight excluding hydrogens is 476 g/mol. The van der Waals surface area contributed by atoms with Crippen LogP contribution in [0.15, 0.2) is 132 Å². The molecule has 0 heterocycles. The van der Waals surface area contributed by atoms with Gasteiger partial charge in [0.2, 0.25) is 11.8 Å². The van der Waals surface area contributed by atoms with Crippen LogP contribution in [0, 0.1) is 0 Å². The zero-order valence-corrected chi connectivity index (χ0v) is 21.0. The lowest BCUT2D eigenvalue weighted by Crippen LogP contribution is -2.19. The Bertz CT molecular complexity index is 1520. The fourth-order valence-corrected chi connectivity index (χ4v) is 5.23. The number of carbonyl (C=O) groups is 2. The Morgan fingerprint density at radius 1 is 0.622 bits per heavy atom. The van der Waals surface area contributed by atoms with Crippen molar-refractivity contribution in [3.8, 4) is 0 Å². The molecule has 5 aromatic carbocycles. The second-order valence-electron chi connectivity index (χ2n) is 8.70. The second-order valence-corrected chi connectivity index (χ2v) is 9.88. The number of carbonyl (C=O) groups excluding carboxylic acids is 2. The highest BCUT2D eigenvalue weighted by molar-refractivity contribution is 8.00. The van der Waals surface area contributed by atoms with Gasteiger partial charge in [0.1, 0.15) is 5.25 Å². The van der Waals surface area contributed by atoms with Crippen LogP contribution >= 0.6 is 11.8 Å². The van der Waals surface area contributed by atoms with Gasteiger partial charge >= 0.3 is 0 Å². The van der Waals surface area contributed by atoms with Crippen molar-refractivity contribution >= 4 is 45.7 Å². The summed E-state index contributed by atoms with van der Waals surface area (Å²) in [7, 11) is 0. The molecule has 0 aromatic heterocycles. The van der Waals surface area contributed by atoms with Gasteiger partial charge in [-0.15, -0.1) is 11.8 Å². The number of fused-ring (bicyclic) bond motifs is 1. The van der Waals surface area contributed by atoms with Crippen LogP contribution in [0.25, 0.3) is 10.8 Å². The molecule has 0 aliphatic carbocycles. The summed E-state index contributed by atoms with van der Waals surface area (Å²) in [5, 5.41) is 7.80. The number of nitrogens with one attached hydrogen (secondary N) is 2. The van der Waals surface area contributed by atoms with Crippen LogP contribution in [0.4, 0.5) is 11.4 Å². The summed E-state index contributed by atoms with van der Waals surface area (Å²) in [5.74, 6) is -0.188. The first-order chi connectivity index (χ1) is 18.1. The van der Waals surface area contributed by atoms with Gasteiger partial charge in [-0.1, -0.05) is 97.1 Å². The Labute approximate surface area is 220 Å². The maximum Gasteiger partial charge on any atom is 0.242 e. The van der Waals surface area contributed by atoms with Crippen molar-refractivity contribution in [2.45, 2.75) is 16.6 Å². The van der Waals surface area contributed by atoms with E-state index in [0.717, 1.165) is 32.5 Å². The third kappa shape index (κ3) is 6.46. The fourth-order valence-electron chi connectivity index (χ4n) is 4.15. The Morgan fingerprint density at radius 2 is 1.30 bits per heavy atom. The Hall–Kier alpha value is -4.35. The second kappa shape index (κ2) is 11.6. The first kappa shape index (κ1) is 24.3. The quantitative estimate of drug-likeness (QED) is 0.216. The van der Waals surface area contributed by atoms with Crippen LogP contribution in [0.3, 0.4) is 0 Å². The first-order valence-corrected chi connectivity index (χ1v) is 13.0. The van der Waals surface area contributed by atoms with Gasteiger partial charge in [-0.3, -0.25) is 9.59 Å². The Balaban J connectivity index is 1.33. The fraction of sp³-hybridized carbons (Fsp3) is 0.0625. The molecule has 5 rings (SSSR count). The molecule has 0 saturated carbocycles. The molecule has 37 heavy (non-hydrogen) atoms. The molecule has 0 saturated heterocycles. The van der Waals surface area contributed by atoms with E-state index in [-0.39, 0.29) is 11.8 Å². The van der Waals surface area contributed by atoms with Crippen LogP contribution in [0.2, 0.25) is 0 Å². The lowest BCUT2D eigenvalue weighted by molar-refractivity contribution is -0.116. The molecule has 0 fully saturated rings. The highest BCUT2D eigenvalue weighted by atomic mass is 32.2. The Kier molecular flexibility index (Phi) is 7.63. The molecule has 0 spiro atoms. The minimum absolute atomic E-state index is 0.0815. The molecule has 1 atom stereocenters. The average molecular weight is 503 g/mol. The maximum absolute atomic E-state index is 13.5. The third-order valence-electron chi connectivity index (χ3n) is 5.94. The Morgan fingerprint density at radius 3 is 2.08 bits per heavy atom. The summed E-state index contributed by atoms with van der Waals surface area (Å²) < 4.78 is 0. The molecule has 2 N–H and O–H groups in total. The molecular formula is C32H26N2O2S. The van der Waals surface area contributed by atoms with E-state index in [1.165, 1.54) is 11.8 Å². The van der Waals surface area contributed by atoms with E-state index in [2.05, 4.69) is 16.7 Å². The smallest absolute Gasteiger partial charge is 0.242 e. The van der Waals surface area contributed by atoms with Gasteiger partial charge in [0, 0.05) is 16.3 Å². The van der Waals surface area contributed by atoms with Crippen molar-refractivity contribution in [1.29, 1.82) is 0 Å². The number of benzene rings is 5. The molecule has 5 heteroatoms. The van der Waals surface area contributed by atoms with E-state index in [1.54, 1.807) is 0 Å². The summed E-state index contributed by atoms with van der Waals surface area (Å²) in [5.41, 5.74) is 3.32.